The summed E-state index contributed by atoms with van der Waals surface area (Å²) in [6.07, 6.45) is 0. The van der Waals surface area contributed by atoms with Crippen LogP contribution in [-0.4, -0.2) is 4.98 Å². The highest BCUT2D eigenvalue weighted by molar-refractivity contribution is 7.71. The number of hydrogen-bond donors (Lipinski definition) is 2. The van der Waals surface area contributed by atoms with Crippen molar-refractivity contribution in [2.45, 2.75) is 13.8 Å². The fraction of sp³-hybridized carbons (Fsp3) is 0.133. The highest BCUT2D eigenvalue weighted by Crippen LogP contribution is 2.30. The minimum absolute atomic E-state index is 0.181. The maximum atomic E-state index is 9.18. The van der Waals surface area contributed by atoms with Crippen LogP contribution in [-0.2, 0) is 0 Å². The smallest absolute Gasteiger partial charge is 0.123 e. The van der Waals surface area contributed by atoms with Gasteiger partial charge in [-0.25, -0.2) is 0 Å². The molecule has 20 heavy (non-hydrogen) atoms. The second-order valence-corrected chi connectivity index (χ2v) is 3.99. The molecule has 0 spiro atoms. The van der Waals surface area contributed by atoms with Crippen LogP contribution < -0.4 is 5.73 Å². The quantitative estimate of drug-likeness (QED) is 0.779. The van der Waals surface area contributed by atoms with Gasteiger partial charge in [0.1, 0.15) is 28.2 Å². The first-order valence-electron chi connectivity index (χ1n) is 6.10. The molecule has 0 saturated heterocycles. The van der Waals surface area contributed by atoms with Crippen molar-refractivity contribution in [2.75, 3.05) is 5.73 Å². The van der Waals surface area contributed by atoms with Crippen LogP contribution in [0.15, 0.2) is 30.3 Å². The van der Waals surface area contributed by atoms with Gasteiger partial charge in [-0.15, -0.1) is 0 Å². The maximum Gasteiger partial charge on any atom is 0.123 e. The molecule has 1 aromatic heterocycles. The summed E-state index contributed by atoms with van der Waals surface area (Å²) in [5, 5.41) is 18.4. The summed E-state index contributed by atoms with van der Waals surface area (Å²) in [5.74, 6) is 0.181. The Morgan fingerprint density at radius 2 is 1.60 bits per heavy atom. The molecule has 0 bridgehead atoms. The van der Waals surface area contributed by atoms with Crippen LogP contribution in [0.2, 0.25) is 0 Å². The number of nitrogens with zero attached hydrogens (tertiary/aromatic N) is 2. The third-order valence-corrected chi connectivity index (χ3v) is 2.84. The number of aromatic nitrogens is 1. The van der Waals surface area contributed by atoms with Gasteiger partial charge in [-0.2, -0.15) is 10.5 Å². The van der Waals surface area contributed by atoms with E-state index in [1.54, 1.807) is 0 Å². The van der Waals surface area contributed by atoms with Crippen molar-refractivity contribution in [1.82, 2.24) is 4.98 Å². The molecule has 100 valence electrons. The first-order chi connectivity index (χ1) is 9.69. The summed E-state index contributed by atoms with van der Waals surface area (Å²) >= 11 is 5.07. The third-order valence-electron chi connectivity index (χ3n) is 2.53. The molecule has 5 heteroatoms. The topological polar surface area (TPSA) is 89.4 Å². The fourth-order valence-corrected chi connectivity index (χ4v) is 1.99. The van der Waals surface area contributed by atoms with E-state index in [0.29, 0.717) is 5.56 Å². The molecule has 1 aromatic carbocycles. The molecular formula is C15H14N4S. The maximum absolute atomic E-state index is 9.18. The van der Waals surface area contributed by atoms with Crippen molar-refractivity contribution in [3.05, 3.63) is 46.1 Å². The SMILES string of the molecule is CC.N#Cc1c(N)[nH]c(=S)c(C#N)c1-c1ccccc1. The zero-order valence-electron chi connectivity index (χ0n) is 11.3. The van der Waals surface area contributed by atoms with E-state index < -0.39 is 0 Å². The Morgan fingerprint density at radius 1 is 1.05 bits per heavy atom. The van der Waals surface area contributed by atoms with Gasteiger partial charge < -0.3 is 10.7 Å². The number of hydrogen-bond acceptors (Lipinski definition) is 4. The minimum atomic E-state index is 0.181. The lowest BCUT2D eigenvalue weighted by atomic mass is 9.97. The molecule has 3 N–H and O–H groups in total. The monoisotopic (exact) mass is 282 g/mol. The van der Waals surface area contributed by atoms with Crippen LogP contribution in [0.1, 0.15) is 25.0 Å². The minimum Gasteiger partial charge on any atom is -0.384 e. The number of nitrogens with one attached hydrogen (secondary N) is 1. The van der Waals surface area contributed by atoms with Gasteiger partial charge in [0.25, 0.3) is 0 Å². The number of nitrogens with two attached hydrogens (primary N) is 1. The largest absolute Gasteiger partial charge is 0.384 e. The zero-order chi connectivity index (χ0) is 15.1. The van der Waals surface area contributed by atoms with Crippen molar-refractivity contribution in [1.29, 1.82) is 10.5 Å². The van der Waals surface area contributed by atoms with E-state index >= 15 is 0 Å². The van der Waals surface area contributed by atoms with Crippen LogP contribution in [0.4, 0.5) is 5.82 Å². The molecule has 0 saturated carbocycles. The molecule has 0 aliphatic carbocycles. The molecule has 0 radical (unpaired) electrons. The molecule has 0 unspecified atom stereocenters. The van der Waals surface area contributed by atoms with Crippen molar-refractivity contribution in [3.63, 3.8) is 0 Å². The number of benzene rings is 1. The molecule has 0 aliphatic heterocycles. The summed E-state index contributed by atoms with van der Waals surface area (Å²) < 4.78 is 0.243. The average molecular weight is 282 g/mol. The lowest BCUT2D eigenvalue weighted by Crippen LogP contribution is -2.01. The Hall–Kier alpha value is -2.63. The normalized spacial score (nSPS) is 8.80. The van der Waals surface area contributed by atoms with Crippen LogP contribution in [0.3, 0.4) is 0 Å². The molecule has 1 heterocycles. The standard InChI is InChI=1S/C13H8N4S.C2H6/c14-6-9-11(8-4-2-1-3-5-8)10(7-15)13(18)17-12(9)16;1-2/h1-5H,(H3,16,17,18);1-2H3. The lowest BCUT2D eigenvalue weighted by molar-refractivity contribution is 1.26. The summed E-state index contributed by atoms with van der Waals surface area (Å²) in [7, 11) is 0. The molecule has 0 aliphatic rings. The Morgan fingerprint density at radius 3 is 2.10 bits per heavy atom. The molecular weight excluding hydrogens is 268 g/mol. The molecule has 0 atom stereocenters. The van der Waals surface area contributed by atoms with Gasteiger partial charge in [0.15, 0.2) is 0 Å². The number of pyridine rings is 1. The van der Waals surface area contributed by atoms with E-state index in [1.807, 2.05) is 56.3 Å². The Kier molecular flexibility index (Phi) is 5.46. The highest BCUT2D eigenvalue weighted by Gasteiger charge is 2.15. The Bertz CT molecular complexity index is 733. The molecule has 2 rings (SSSR count). The van der Waals surface area contributed by atoms with Gasteiger partial charge in [0, 0.05) is 5.56 Å². The highest BCUT2D eigenvalue weighted by atomic mass is 32.1. The molecule has 0 fully saturated rings. The Balaban J connectivity index is 0.000000956. The second kappa shape index (κ2) is 7.08. The fourth-order valence-electron chi connectivity index (χ4n) is 1.74. The zero-order valence-corrected chi connectivity index (χ0v) is 12.1. The predicted molar refractivity (Wildman–Crippen MR) is 82.3 cm³/mol. The number of anilines is 1. The Labute approximate surface area is 123 Å². The van der Waals surface area contributed by atoms with E-state index in [9.17, 15) is 10.5 Å². The van der Waals surface area contributed by atoms with E-state index in [0.717, 1.165) is 5.56 Å². The summed E-state index contributed by atoms with van der Waals surface area (Å²) in [6.45, 7) is 4.00. The summed E-state index contributed by atoms with van der Waals surface area (Å²) in [5.41, 5.74) is 7.48. The van der Waals surface area contributed by atoms with Gasteiger partial charge in [-0.05, 0) is 5.56 Å². The van der Waals surface area contributed by atoms with Gasteiger partial charge in [0.05, 0.1) is 5.56 Å². The van der Waals surface area contributed by atoms with Crippen LogP contribution >= 0.6 is 12.2 Å². The number of nitrogen functional groups attached to an aromatic ring is 1. The molecule has 0 amide bonds. The van der Waals surface area contributed by atoms with Crippen LogP contribution in [0.5, 0.6) is 0 Å². The van der Waals surface area contributed by atoms with Crippen LogP contribution in [0.25, 0.3) is 11.1 Å². The summed E-state index contributed by atoms with van der Waals surface area (Å²) in [6, 6.07) is 13.2. The number of H-pyrrole nitrogens is 1. The molecule has 2 aromatic rings. The first kappa shape index (κ1) is 15.4. The average Bonchev–Trinajstić information content (AvgIpc) is 2.49. The van der Waals surface area contributed by atoms with E-state index in [1.165, 1.54) is 0 Å². The van der Waals surface area contributed by atoms with E-state index in [4.69, 9.17) is 18.0 Å². The number of aromatic amines is 1. The van der Waals surface area contributed by atoms with Crippen molar-refractivity contribution in [2.24, 2.45) is 0 Å². The van der Waals surface area contributed by atoms with Crippen LogP contribution in [0, 0.1) is 27.3 Å². The lowest BCUT2D eigenvalue weighted by Gasteiger charge is -2.09. The van der Waals surface area contributed by atoms with Gasteiger partial charge in [-0.1, -0.05) is 56.4 Å². The number of rotatable bonds is 1. The number of nitriles is 2. The third kappa shape index (κ3) is 2.85. The predicted octanol–water partition coefficient (Wildman–Crippen LogP) is 3.76. The summed E-state index contributed by atoms with van der Waals surface area (Å²) in [4.78, 5) is 2.67. The van der Waals surface area contributed by atoms with Gasteiger partial charge in [0.2, 0.25) is 0 Å². The van der Waals surface area contributed by atoms with Crippen molar-refractivity contribution < 1.29 is 0 Å². The van der Waals surface area contributed by atoms with Gasteiger partial charge >= 0.3 is 0 Å². The van der Waals surface area contributed by atoms with Crippen molar-refractivity contribution in [3.8, 4) is 23.3 Å². The van der Waals surface area contributed by atoms with Crippen molar-refractivity contribution >= 4 is 18.0 Å². The van der Waals surface area contributed by atoms with E-state index in [-0.39, 0.29) is 21.6 Å². The van der Waals surface area contributed by atoms with E-state index in [2.05, 4.69) is 4.98 Å². The first-order valence-corrected chi connectivity index (χ1v) is 6.51. The van der Waals surface area contributed by atoms with Gasteiger partial charge in [-0.3, -0.25) is 0 Å². The second-order valence-electron chi connectivity index (χ2n) is 3.58. The molecule has 4 nitrogen and oxygen atoms in total.